The summed E-state index contributed by atoms with van der Waals surface area (Å²) in [6.45, 7) is 4.23. The predicted molar refractivity (Wildman–Crippen MR) is 68.6 cm³/mol. The second kappa shape index (κ2) is 6.78. The molecule has 0 saturated carbocycles. The Bertz CT molecular complexity index is 516. The molecule has 0 atom stereocenters. The molecule has 18 heavy (non-hydrogen) atoms. The van der Waals surface area contributed by atoms with Crippen LogP contribution >= 0.6 is 0 Å². The molecule has 0 radical (unpaired) electrons. The topological polar surface area (TPSA) is 84.0 Å². The van der Waals surface area contributed by atoms with Crippen LogP contribution in [0.4, 0.5) is 0 Å². The Kier molecular flexibility index (Phi) is 5.35. The number of unbranched alkanes of at least 4 members (excludes halogenated alkanes) is 2. The predicted octanol–water partition coefficient (Wildman–Crippen LogP) is 0.151. The maximum Gasteiger partial charge on any atom is 0.328 e. The van der Waals surface area contributed by atoms with E-state index in [0.717, 1.165) is 19.3 Å². The zero-order valence-electron chi connectivity index (χ0n) is 10.8. The van der Waals surface area contributed by atoms with E-state index in [-0.39, 0.29) is 12.5 Å². The number of carbonyl (C=O) groups is 1. The fraction of sp³-hybridized carbons (Fsp3) is 0.583. The summed E-state index contributed by atoms with van der Waals surface area (Å²) in [6.07, 6.45) is 4.49. The van der Waals surface area contributed by atoms with Gasteiger partial charge in [0.15, 0.2) is 0 Å². The van der Waals surface area contributed by atoms with Crippen LogP contribution in [0.2, 0.25) is 0 Å². The van der Waals surface area contributed by atoms with Crippen molar-refractivity contribution in [2.45, 2.75) is 39.7 Å². The van der Waals surface area contributed by atoms with Gasteiger partial charge in [0.05, 0.1) is 0 Å². The molecule has 1 heterocycles. The summed E-state index contributed by atoms with van der Waals surface area (Å²) in [4.78, 5) is 36.3. The molecular formula is C12H19N3O3. The monoisotopic (exact) mass is 253 g/mol. The van der Waals surface area contributed by atoms with Crippen molar-refractivity contribution < 1.29 is 4.79 Å². The average Bonchev–Trinajstić information content (AvgIpc) is 2.32. The molecule has 6 heteroatoms. The number of aryl methyl sites for hydroxylation is 1. The van der Waals surface area contributed by atoms with Crippen LogP contribution in [0.25, 0.3) is 0 Å². The molecule has 1 amide bonds. The third-order valence-corrected chi connectivity index (χ3v) is 2.61. The Hall–Kier alpha value is -1.85. The maximum absolute atomic E-state index is 11.6. The average molecular weight is 253 g/mol. The number of carbonyl (C=O) groups excluding carboxylic acids is 1. The van der Waals surface area contributed by atoms with Gasteiger partial charge >= 0.3 is 5.69 Å². The first-order chi connectivity index (χ1) is 8.54. The molecule has 0 spiro atoms. The third-order valence-electron chi connectivity index (χ3n) is 2.61. The van der Waals surface area contributed by atoms with E-state index in [0.29, 0.717) is 12.1 Å². The van der Waals surface area contributed by atoms with Crippen LogP contribution in [0.5, 0.6) is 0 Å². The Balaban J connectivity index is 2.57. The molecule has 1 aromatic heterocycles. The number of H-pyrrole nitrogens is 1. The molecule has 0 aromatic carbocycles. The Morgan fingerprint density at radius 2 is 2.11 bits per heavy atom. The Morgan fingerprint density at radius 3 is 2.78 bits per heavy atom. The van der Waals surface area contributed by atoms with Gasteiger partial charge in [0.2, 0.25) is 5.91 Å². The molecule has 0 aliphatic rings. The van der Waals surface area contributed by atoms with Crippen molar-refractivity contribution in [3.8, 4) is 0 Å². The van der Waals surface area contributed by atoms with Gasteiger partial charge in [0.25, 0.3) is 5.56 Å². The van der Waals surface area contributed by atoms with E-state index in [4.69, 9.17) is 0 Å². The second-order valence-corrected chi connectivity index (χ2v) is 4.26. The van der Waals surface area contributed by atoms with E-state index in [1.54, 1.807) is 6.92 Å². The van der Waals surface area contributed by atoms with E-state index < -0.39 is 11.2 Å². The van der Waals surface area contributed by atoms with Gasteiger partial charge in [-0.2, -0.15) is 0 Å². The van der Waals surface area contributed by atoms with Gasteiger partial charge in [-0.25, -0.2) is 4.79 Å². The summed E-state index contributed by atoms with van der Waals surface area (Å²) in [6, 6.07) is 0. The van der Waals surface area contributed by atoms with Gasteiger partial charge in [-0.15, -0.1) is 0 Å². The van der Waals surface area contributed by atoms with Crippen molar-refractivity contribution in [2.24, 2.45) is 0 Å². The number of hydrogen-bond donors (Lipinski definition) is 2. The number of nitrogens with one attached hydrogen (secondary N) is 2. The molecule has 1 rings (SSSR count). The number of amides is 1. The summed E-state index contributed by atoms with van der Waals surface area (Å²) >= 11 is 0. The van der Waals surface area contributed by atoms with E-state index >= 15 is 0 Å². The highest BCUT2D eigenvalue weighted by Crippen LogP contribution is 1.91. The lowest BCUT2D eigenvalue weighted by atomic mass is 10.2. The van der Waals surface area contributed by atoms with Crippen molar-refractivity contribution in [2.75, 3.05) is 6.54 Å². The van der Waals surface area contributed by atoms with Crippen molar-refractivity contribution >= 4 is 5.91 Å². The maximum atomic E-state index is 11.6. The van der Waals surface area contributed by atoms with E-state index in [1.165, 1.54) is 10.8 Å². The van der Waals surface area contributed by atoms with Crippen LogP contribution < -0.4 is 16.6 Å². The van der Waals surface area contributed by atoms with E-state index in [1.807, 2.05) is 0 Å². The van der Waals surface area contributed by atoms with Crippen LogP contribution in [0.3, 0.4) is 0 Å². The highest BCUT2D eigenvalue weighted by atomic mass is 16.2. The van der Waals surface area contributed by atoms with Gasteiger partial charge in [0.1, 0.15) is 6.54 Å². The minimum Gasteiger partial charge on any atom is -0.355 e. The molecule has 1 aromatic rings. The second-order valence-electron chi connectivity index (χ2n) is 4.26. The Labute approximate surface area is 105 Å². The van der Waals surface area contributed by atoms with Crippen molar-refractivity contribution in [3.05, 3.63) is 32.6 Å². The van der Waals surface area contributed by atoms with Gasteiger partial charge in [0, 0.05) is 18.3 Å². The minimum atomic E-state index is -0.561. The molecule has 0 unspecified atom stereocenters. The van der Waals surface area contributed by atoms with Crippen LogP contribution in [-0.2, 0) is 11.3 Å². The quantitative estimate of drug-likeness (QED) is 0.708. The fourth-order valence-corrected chi connectivity index (χ4v) is 1.55. The summed E-state index contributed by atoms with van der Waals surface area (Å²) in [5, 5.41) is 2.74. The highest BCUT2D eigenvalue weighted by Gasteiger charge is 2.05. The normalized spacial score (nSPS) is 10.3. The number of aromatic nitrogens is 2. The molecule has 2 N–H and O–H groups in total. The molecule has 0 aliphatic carbocycles. The summed E-state index contributed by atoms with van der Waals surface area (Å²) in [5.74, 6) is -0.223. The van der Waals surface area contributed by atoms with Gasteiger partial charge in [-0.05, 0) is 13.3 Å². The molecule has 0 aliphatic heterocycles. The van der Waals surface area contributed by atoms with Crippen LogP contribution in [-0.4, -0.2) is 22.0 Å². The number of aromatic amines is 1. The number of hydrogen-bond acceptors (Lipinski definition) is 3. The lowest BCUT2D eigenvalue weighted by Gasteiger charge is -2.07. The van der Waals surface area contributed by atoms with Gasteiger partial charge < -0.3 is 5.32 Å². The first-order valence-corrected chi connectivity index (χ1v) is 6.11. The largest absolute Gasteiger partial charge is 0.355 e. The van der Waals surface area contributed by atoms with Gasteiger partial charge in [-0.3, -0.25) is 19.1 Å². The zero-order valence-corrected chi connectivity index (χ0v) is 10.8. The van der Waals surface area contributed by atoms with Crippen LogP contribution in [0.15, 0.2) is 15.8 Å². The number of rotatable bonds is 6. The molecule has 0 bridgehead atoms. The van der Waals surface area contributed by atoms with Crippen LogP contribution in [0.1, 0.15) is 31.7 Å². The zero-order chi connectivity index (χ0) is 13.5. The van der Waals surface area contributed by atoms with Crippen molar-refractivity contribution in [1.29, 1.82) is 0 Å². The molecule has 0 saturated heterocycles. The summed E-state index contributed by atoms with van der Waals surface area (Å²) < 4.78 is 1.20. The Morgan fingerprint density at radius 1 is 1.39 bits per heavy atom. The fourth-order valence-electron chi connectivity index (χ4n) is 1.55. The van der Waals surface area contributed by atoms with Crippen molar-refractivity contribution in [1.82, 2.24) is 14.9 Å². The molecule has 100 valence electrons. The first kappa shape index (κ1) is 14.2. The van der Waals surface area contributed by atoms with E-state index in [9.17, 15) is 14.4 Å². The molecular weight excluding hydrogens is 234 g/mol. The standard InChI is InChI=1S/C12H19N3O3/c1-3-4-5-6-13-10(16)8-15-7-9(2)11(17)14-12(15)18/h7H,3-6,8H2,1-2H3,(H,13,16)(H,14,17,18). The lowest BCUT2D eigenvalue weighted by molar-refractivity contribution is -0.121. The first-order valence-electron chi connectivity index (χ1n) is 6.11. The molecule has 0 fully saturated rings. The SMILES string of the molecule is CCCCCNC(=O)Cn1cc(C)c(=O)[nH]c1=O. The van der Waals surface area contributed by atoms with Gasteiger partial charge in [-0.1, -0.05) is 19.8 Å². The lowest BCUT2D eigenvalue weighted by Crippen LogP contribution is -2.36. The summed E-state index contributed by atoms with van der Waals surface area (Å²) in [5.41, 5.74) is -0.567. The van der Waals surface area contributed by atoms with Crippen LogP contribution in [0, 0.1) is 6.92 Å². The van der Waals surface area contributed by atoms with E-state index in [2.05, 4.69) is 17.2 Å². The summed E-state index contributed by atoms with van der Waals surface area (Å²) in [7, 11) is 0. The molecule has 6 nitrogen and oxygen atoms in total. The third kappa shape index (κ3) is 4.20. The minimum absolute atomic E-state index is 0.0669. The highest BCUT2D eigenvalue weighted by molar-refractivity contribution is 5.75. The van der Waals surface area contributed by atoms with Crippen molar-refractivity contribution in [3.63, 3.8) is 0 Å². The number of nitrogens with zero attached hydrogens (tertiary/aromatic N) is 1. The smallest absolute Gasteiger partial charge is 0.328 e.